The molecule has 1 saturated heterocycles. The molecule has 0 saturated carbocycles. The number of methoxy groups -OCH3 is 2. The Balaban J connectivity index is 2.23. The summed E-state index contributed by atoms with van der Waals surface area (Å²) in [5.41, 5.74) is 1.22. The fourth-order valence-electron chi connectivity index (χ4n) is 2.00. The molecule has 1 fully saturated rings. The van der Waals surface area contributed by atoms with E-state index in [1.165, 1.54) is 12.0 Å². The predicted molar refractivity (Wildman–Crippen MR) is 59.5 cm³/mol. The molecule has 2 rings (SSSR count). The van der Waals surface area contributed by atoms with E-state index in [4.69, 9.17) is 9.47 Å². The molecule has 3 heteroatoms. The van der Waals surface area contributed by atoms with Gasteiger partial charge in [-0.1, -0.05) is 6.07 Å². The Morgan fingerprint density at radius 2 is 2.00 bits per heavy atom. The molecule has 0 aromatic heterocycles. The topological polar surface area (TPSA) is 30.5 Å². The molecule has 1 N–H and O–H groups in total. The molecule has 2 atom stereocenters. The highest BCUT2D eigenvalue weighted by Gasteiger charge is 2.28. The maximum Gasteiger partial charge on any atom is 0.127 e. The molecule has 0 aliphatic carbocycles. The highest BCUT2D eigenvalue weighted by molar-refractivity contribution is 5.43. The number of ether oxygens (including phenoxy) is 2. The van der Waals surface area contributed by atoms with Crippen LogP contribution < -0.4 is 14.8 Å². The Hall–Kier alpha value is -1.22. The van der Waals surface area contributed by atoms with E-state index in [2.05, 4.69) is 18.3 Å². The summed E-state index contributed by atoms with van der Waals surface area (Å²) in [6, 6.07) is 7.02. The minimum absolute atomic E-state index is 0.431. The lowest BCUT2D eigenvalue weighted by molar-refractivity contribution is 0.278. The van der Waals surface area contributed by atoms with Crippen molar-refractivity contribution in [2.75, 3.05) is 14.2 Å². The summed E-state index contributed by atoms with van der Waals surface area (Å²) >= 11 is 0. The predicted octanol–water partition coefficient (Wildman–Crippen LogP) is 2.13. The molecular weight excluding hydrogens is 190 g/mol. The van der Waals surface area contributed by atoms with Gasteiger partial charge in [-0.3, -0.25) is 0 Å². The zero-order valence-corrected chi connectivity index (χ0v) is 9.41. The number of rotatable bonds is 3. The smallest absolute Gasteiger partial charge is 0.127 e. The second-order valence-corrected chi connectivity index (χ2v) is 3.96. The van der Waals surface area contributed by atoms with Crippen molar-refractivity contribution in [3.8, 4) is 11.5 Å². The van der Waals surface area contributed by atoms with Crippen molar-refractivity contribution in [2.24, 2.45) is 0 Å². The van der Waals surface area contributed by atoms with Gasteiger partial charge in [0, 0.05) is 23.7 Å². The van der Waals surface area contributed by atoms with Crippen LogP contribution in [-0.2, 0) is 0 Å². The van der Waals surface area contributed by atoms with Crippen LogP contribution in [0.15, 0.2) is 18.2 Å². The van der Waals surface area contributed by atoms with Crippen molar-refractivity contribution < 1.29 is 9.47 Å². The van der Waals surface area contributed by atoms with Gasteiger partial charge >= 0.3 is 0 Å². The van der Waals surface area contributed by atoms with E-state index in [0.29, 0.717) is 12.1 Å². The van der Waals surface area contributed by atoms with Crippen molar-refractivity contribution in [3.63, 3.8) is 0 Å². The van der Waals surface area contributed by atoms with E-state index in [1.54, 1.807) is 14.2 Å². The van der Waals surface area contributed by atoms with Crippen LogP contribution in [0.25, 0.3) is 0 Å². The quantitative estimate of drug-likeness (QED) is 0.823. The third kappa shape index (κ3) is 1.92. The van der Waals surface area contributed by atoms with Gasteiger partial charge < -0.3 is 14.8 Å². The first kappa shape index (κ1) is 10.3. The van der Waals surface area contributed by atoms with Crippen molar-refractivity contribution in [1.82, 2.24) is 5.32 Å². The Labute approximate surface area is 90.4 Å². The second kappa shape index (κ2) is 4.11. The standard InChI is InChI=1S/C12H17NO2/c1-8-6-11(13-8)10-5-4-9(14-2)7-12(10)15-3/h4-5,7-8,11,13H,6H2,1-3H3. The molecule has 1 aromatic rings. The van der Waals surface area contributed by atoms with E-state index >= 15 is 0 Å². The summed E-state index contributed by atoms with van der Waals surface area (Å²) in [5, 5.41) is 3.45. The van der Waals surface area contributed by atoms with Crippen LogP contribution in [0.1, 0.15) is 24.9 Å². The van der Waals surface area contributed by atoms with Gasteiger partial charge in [0.1, 0.15) is 11.5 Å². The first-order valence-electron chi connectivity index (χ1n) is 5.22. The number of benzene rings is 1. The van der Waals surface area contributed by atoms with Crippen LogP contribution in [0.4, 0.5) is 0 Å². The minimum Gasteiger partial charge on any atom is -0.497 e. The maximum atomic E-state index is 5.36. The van der Waals surface area contributed by atoms with E-state index in [-0.39, 0.29) is 0 Å². The molecule has 0 spiro atoms. The monoisotopic (exact) mass is 207 g/mol. The molecule has 0 amide bonds. The summed E-state index contributed by atoms with van der Waals surface area (Å²) in [6.07, 6.45) is 1.17. The van der Waals surface area contributed by atoms with Crippen LogP contribution >= 0.6 is 0 Å². The minimum atomic E-state index is 0.431. The molecule has 3 nitrogen and oxygen atoms in total. The lowest BCUT2D eigenvalue weighted by Crippen LogP contribution is -2.43. The summed E-state index contributed by atoms with van der Waals surface area (Å²) in [4.78, 5) is 0. The lowest BCUT2D eigenvalue weighted by atomic mass is 9.91. The maximum absolute atomic E-state index is 5.36. The molecule has 0 bridgehead atoms. The average molecular weight is 207 g/mol. The molecule has 15 heavy (non-hydrogen) atoms. The highest BCUT2D eigenvalue weighted by atomic mass is 16.5. The normalized spacial score (nSPS) is 24.5. The summed E-state index contributed by atoms with van der Waals surface area (Å²) < 4.78 is 10.5. The Kier molecular flexibility index (Phi) is 2.82. The number of hydrogen-bond acceptors (Lipinski definition) is 3. The summed E-state index contributed by atoms with van der Waals surface area (Å²) in [7, 11) is 3.36. The zero-order chi connectivity index (χ0) is 10.8. The van der Waals surface area contributed by atoms with E-state index < -0.39 is 0 Å². The van der Waals surface area contributed by atoms with Crippen molar-refractivity contribution in [3.05, 3.63) is 23.8 Å². The lowest BCUT2D eigenvalue weighted by Gasteiger charge is -2.36. The molecule has 1 aliphatic heterocycles. The van der Waals surface area contributed by atoms with Gasteiger partial charge in [0.2, 0.25) is 0 Å². The largest absolute Gasteiger partial charge is 0.497 e. The van der Waals surface area contributed by atoms with E-state index in [1.807, 2.05) is 12.1 Å². The fourth-order valence-corrected chi connectivity index (χ4v) is 2.00. The number of hydrogen-bond donors (Lipinski definition) is 1. The zero-order valence-electron chi connectivity index (χ0n) is 9.41. The van der Waals surface area contributed by atoms with Gasteiger partial charge in [0.15, 0.2) is 0 Å². The Morgan fingerprint density at radius 1 is 1.27 bits per heavy atom. The molecule has 82 valence electrons. The van der Waals surface area contributed by atoms with Crippen molar-refractivity contribution in [1.29, 1.82) is 0 Å². The van der Waals surface area contributed by atoms with Crippen LogP contribution in [0.5, 0.6) is 11.5 Å². The average Bonchev–Trinajstić information content (AvgIpc) is 2.24. The van der Waals surface area contributed by atoms with Crippen molar-refractivity contribution in [2.45, 2.75) is 25.4 Å². The van der Waals surface area contributed by atoms with Gasteiger partial charge in [-0.25, -0.2) is 0 Å². The summed E-state index contributed by atoms with van der Waals surface area (Å²) in [6.45, 7) is 2.19. The van der Waals surface area contributed by atoms with Crippen molar-refractivity contribution >= 4 is 0 Å². The van der Waals surface area contributed by atoms with Gasteiger partial charge in [0.05, 0.1) is 14.2 Å². The second-order valence-electron chi connectivity index (χ2n) is 3.96. The first-order chi connectivity index (χ1) is 7.24. The van der Waals surface area contributed by atoms with E-state index in [0.717, 1.165) is 11.5 Å². The Morgan fingerprint density at radius 3 is 2.53 bits per heavy atom. The third-order valence-electron chi connectivity index (χ3n) is 2.89. The van der Waals surface area contributed by atoms with Gasteiger partial charge in [-0.15, -0.1) is 0 Å². The SMILES string of the molecule is COc1ccc(C2CC(C)N2)c(OC)c1. The van der Waals surface area contributed by atoms with Crippen LogP contribution in [-0.4, -0.2) is 20.3 Å². The molecular formula is C12H17NO2. The van der Waals surface area contributed by atoms with Crippen LogP contribution in [0, 0.1) is 0 Å². The summed E-state index contributed by atoms with van der Waals surface area (Å²) in [5.74, 6) is 1.74. The van der Waals surface area contributed by atoms with Gasteiger partial charge in [-0.05, 0) is 19.4 Å². The van der Waals surface area contributed by atoms with E-state index in [9.17, 15) is 0 Å². The molecule has 1 aliphatic rings. The molecule has 2 unspecified atom stereocenters. The molecule has 0 radical (unpaired) electrons. The molecule has 1 heterocycles. The molecule has 1 aromatic carbocycles. The number of nitrogens with one attached hydrogen (secondary N) is 1. The van der Waals surface area contributed by atoms with Gasteiger partial charge in [0.25, 0.3) is 0 Å². The van der Waals surface area contributed by atoms with Gasteiger partial charge in [-0.2, -0.15) is 0 Å². The third-order valence-corrected chi connectivity index (χ3v) is 2.89. The first-order valence-corrected chi connectivity index (χ1v) is 5.22. The Bertz CT molecular complexity index is 345. The van der Waals surface area contributed by atoms with Crippen LogP contribution in [0.2, 0.25) is 0 Å². The van der Waals surface area contributed by atoms with Crippen LogP contribution in [0.3, 0.4) is 0 Å². The fraction of sp³-hybridized carbons (Fsp3) is 0.500. The highest BCUT2D eigenvalue weighted by Crippen LogP contribution is 2.35.